The highest BCUT2D eigenvalue weighted by Crippen LogP contribution is 2.29. The quantitative estimate of drug-likeness (QED) is 0.762. The lowest BCUT2D eigenvalue weighted by atomic mass is 9.85. The maximum atomic E-state index is 9.27. The van der Waals surface area contributed by atoms with E-state index in [0.717, 1.165) is 12.3 Å². The van der Waals surface area contributed by atoms with Gasteiger partial charge in [-0.15, -0.1) is 0 Å². The molecule has 0 heterocycles. The number of hydrogen-bond acceptors (Lipinski definition) is 2. The lowest BCUT2D eigenvalue weighted by Crippen LogP contribution is -2.28. The molecular weight excluding hydrogens is 188 g/mol. The molecule has 1 aliphatic rings. The van der Waals surface area contributed by atoms with Gasteiger partial charge < -0.3 is 9.84 Å². The van der Waals surface area contributed by atoms with Crippen LogP contribution in [0.25, 0.3) is 0 Å². The SMILES string of the molecule is CCC1CCCC(OC(C)CC(C)O)C1. The third-order valence-electron chi connectivity index (χ3n) is 3.41. The minimum atomic E-state index is -0.245. The van der Waals surface area contributed by atoms with Crippen LogP contribution in [0.4, 0.5) is 0 Å². The summed E-state index contributed by atoms with van der Waals surface area (Å²) in [6.45, 7) is 6.17. The molecule has 0 amide bonds. The Morgan fingerprint density at radius 3 is 2.67 bits per heavy atom. The highest BCUT2D eigenvalue weighted by molar-refractivity contribution is 4.73. The molecule has 15 heavy (non-hydrogen) atoms. The van der Waals surface area contributed by atoms with Crippen LogP contribution in [0.1, 0.15) is 59.3 Å². The normalized spacial score (nSPS) is 31.2. The average molecular weight is 214 g/mol. The molecule has 0 aromatic rings. The Morgan fingerprint density at radius 2 is 2.07 bits per heavy atom. The Labute approximate surface area is 94.0 Å². The third-order valence-corrected chi connectivity index (χ3v) is 3.41. The van der Waals surface area contributed by atoms with Crippen LogP contribution in [0.2, 0.25) is 0 Å². The van der Waals surface area contributed by atoms with Crippen molar-refractivity contribution in [2.45, 2.75) is 77.6 Å². The zero-order chi connectivity index (χ0) is 11.3. The summed E-state index contributed by atoms with van der Waals surface area (Å²) in [7, 11) is 0. The van der Waals surface area contributed by atoms with Gasteiger partial charge in [-0.05, 0) is 39.0 Å². The van der Waals surface area contributed by atoms with Crippen molar-refractivity contribution in [2.75, 3.05) is 0 Å². The van der Waals surface area contributed by atoms with Gasteiger partial charge in [0.15, 0.2) is 0 Å². The maximum Gasteiger partial charge on any atom is 0.0581 e. The van der Waals surface area contributed by atoms with Gasteiger partial charge in [0.1, 0.15) is 0 Å². The van der Waals surface area contributed by atoms with Gasteiger partial charge in [-0.25, -0.2) is 0 Å². The molecule has 1 aliphatic carbocycles. The molecular formula is C13H26O2. The van der Waals surface area contributed by atoms with Crippen LogP contribution >= 0.6 is 0 Å². The van der Waals surface area contributed by atoms with Gasteiger partial charge in [0, 0.05) is 0 Å². The van der Waals surface area contributed by atoms with Gasteiger partial charge in [0.2, 0.25) is 0 Å². The Kier molecular flexibility index (Phi) is 5.62. The van der Waals surface area contributed by atoms with Gasteiger partial charge in [-0.3, -0.25) is 0 Å². The van der Waals surface area contributed by atoms with Gasteiger partial charge in [0.25, 0.3) is 0 Å². The summed E-state index contributed by atoms with van der Waals surface area (Å²) in [5.74, 6) is 0.863. The fourth-order valence-electron chi connectivity index (χ4n) is 2.60. The summed E-state index contributed by atoms with van der Waals surface area (Å²) in [5.41, 5.74) is 0. The Morgan fingerprint density at radius 1 is 1.33 bits per heavy atom. The predicted molar refractivity (Wildman–Crippen MR) is 62.9 cm³/mol. The molecule has 0 aromatic heterocycles. The van der Waals surface area contributed by atoms with Crippen LogP contribution in [0.5, 0.6) is 0 Å². The summed E-state index contributed by atoms with van der Waals surface area (Å²) in [4.78, 5) is 0. The third kappa shape index (κ3) is 4.98. The van der Waals surface area contributed by atoms with Crippen molar-refractivity contribution in [3.05, 3.63) is 0 Å². The first-order chi connectivity index (χ1) is 7.11. The summed E-state index contributed by atoms with van der Waals surface area (Å²) >= 11 is 0. The van der Waals surface area contributed by atoms with Crippen LogP contribution in [-0.2, 0) is 4.74 Å². The second-order valence-electron chi connectivity index (χ2n) is 5.09. The molecule has 1 saturated carbocycles. The number of aliphatic hydroxyl groups is 1. The highest BCUT2D eigenvalue weighted by atomic mass is 16.5. The molecule has 1 N–H and O–H groups in total. The highest BCUT2D eigenvalue weighted by Gasteiger charge is 2.23. The lowest BCUT2D eigenvalue weighted by molar-refractivity contribution is -0.0483. The molecule has 90 valence electrons. The van der Waals surface area contributed by atoms with Crippen molar-refractivity contribution in [2.24, 2.45) is 5.92 Å². The van der Waals surface area contributed by atoms with E-state index < -0.39 is 0 Å². The Bertz CT molecular complexity index is 168. The standard InChI is InChI=1S/C13H26O2/c1-4-12-6-5-7-13(9-12)15-11(3)8-10(2)14/h10-14H,4-9H2,1-3H3. The van der Waals surface area contributed by atoms with E-state index in [4.69, 9.17) is 4.74 Å². The second-order valence-corrected chi connectivity index (χ2v) is 5.09. The summed E-state index contributed by atoms with van der Waals surface area (Å²) < 4.78 is 5.97. The van der Waals surface area contributed by atoms with Crippen LogP contribution in [0, 0.1) is 5.92 Å². The number of ether oxygens (including phenoxy) is 1. The fraction of sp³-hybridized carbons (Fsp3) is 1.00. The Balaban J connectivity index is 2.25. The lowest BCUT2D eigenvalue weighted by Gasteiger charge is -2.31. The van der Waals surface area contributed by atoms with Crippen molar-refractivity contribution in [1.29, 1.82) is 0 Å². The van der Waals surface area contributed by atoms with Gasteiger partial charge in [-0.2, -0.15) is 0 Å². The van der Waals surface area contributed by atoms with Crippen LogP contribution < -0.4 is 0 Å². The van der Waals surface area contributed by atoms with Crippen LogP contribution in [-0.4, -0.2) is 23.4 Å². The van der Waals surface area contributed by atoms with Crippen molar-refractivity contribution < 1.29 is 9.84 Å². The zero-order valence-electron chi connectivity index (χ0n) is 10.4. The van der Waals surface area contributed by atoms with E-state index in [9.17, 15) is 5.11 Å². The van der Waals surface area contributed by atoms with Crippen LogP contribution in [0.15, 0.2) is 0 Å². The van der Waals surface area contributed by atoms with Crippen molar-refractivity contribution in [3.63, 3.8) is 0 Å². The summed E-state index contributed by atoms with van der Waals surface area (Å²) in [6, 6.07) is 0. The van der Waals surface area contributed by atoms with E-state index in [0.29, 0.717) is 6.10 Å². The monoisotopic (exact) mass is 214 g/mol. The molecule has 1 rings (SSSR count). The van der Waals surface area contributed by atoms with Gasteiger partial charge >= 0.3 is 0 Å². The molecule has 0 aliphatic heterocycles. The molecule has 0 aromatic carbocycles. The molecule has 2 heteroatoms. The summed E-state index contributed by atoms with van der Waals surface area (Å²) in [5, 5.41) is 9.27. The van der Waals surface area contributed by atoms with Crippen LogP contribution in [0.3, 0.4) is 0 Å². The van der Waals surface area contributed by atoms with E-state index in [-0.39, 0.29) is 12.2 Å². The average Bonchev–Trinajstić information content (AvgIpc) is 2.16. The maximum absolute atomic E-state index is 9.27. The van der Waals surface area contributed by atoms with E-state index in [1.54, 1.807) is 0 Å². The Hall–Kier alpha value is -0.0800. The molecule has 2 nitrogen and oxygen atoms in total. The molecule has 4 atom stereocenters. The number of aliphatic hydroxyl groups excluding tert-OH is 1. The fourth-order valence-corrected chi connectivity index (χ4v) is 2.60. The molecule has 0 saturated heterocycles. The summed E-state index contributed by atoms with van der Waals surface area (Å²) in [6.07, 6.45) is 7.55. The first-order valence-corrected chi connectivity index (χ1v) is 6.45. The van der Waals surface area contributed by atoms with E-state index in [1.807, 2.05) is 6.92 Å². The number of rotatable bonds is 5. The minimum Gasteiger partial charge on any atom is -0.393 e. The van der Waals surface area contributed by atoms with Gasteiger partial charge in [0.05, 0.1) is 18.3 Å². The second kappa shape index (κ2) is 6.49. The largest absolute Gasteiger partial charge is 0.393 e. The molecule has 0 bridgehead atoms. The molecule has 1 fully saturated rings. The first kappa shape index (κ1) is 13.0. The topological polar surface area (TPSA) is 29.5 Å². The smallest absolute Gasteiger partial charge is 0.0581 e. The minimum absolute atomic E-state index is 0.200. The molecule has 0 radical (unpaired) electrons. The molecule has 0 spiro atoms. The van der Waals surface area contributed by atoms with Crippen molar-refractivity contribution in [1.82, 2.24) is 0 Å². The molecule has 4 unspecified atom stereocenters. The predicted octanol–water partition coefficient (Wildman–Crippen LogP) is 3.13. The van der Waals surface area contributed by atoms with Crippen molar-refractivity contribution >= 4 is 0 Å². The van der Waals surface area contributed by atoms with E-state index >= 15 is 0 Å². The van der Waals surface area contributed by atoms with Crippen molar-refractivity contribution in [3.8, 4) is 0 Å². The zero-order valence-corrected chi connectivity index (χ0v) is 10.4. The number of hydrogen-bond donors (Lipinski definition) is 1. The van der Waals surface area contributed by atoms with E-state index in [1.165, 1.54) is 32.1 Å². The first-order valence-electron chi connectivity index (χ1n) is 6.45. The van der Waals surface area contributed by atoms with Gasteiger partial charge in [-0.1, -0.05) is 26.2 Å². The van der Waals surface area contributed by atoms with E-state index in [2.05, 4.69) is 13.8 Å².